The molecule has 24 heavy (non-hydrogen) atoms. The maximum atomic E-state index is 13.6. The summed E-state index contributed by atoms with van der Waals surface area (Å²) in [6, 6.07) is 10.6. The summed E-state index contributed by atoms with van der Waals surface area (Å²) in [5.74, 6) is -0.875. The molecule has 1 aromatic heterocycles. The van der Waals surface area contributed by atoms with Gasteiger partial charge in [-0.15, -0.1) is 5.10 Å². The van der Waals surface area contributed by atoms with Gasteiger partial charge in [0.2, 0.25) is 5.95 Å². The van der Waals surface area contributed by atoms with E-state index in [4.69, 9.17) is 11.6 Å². The Bertz CT molecular complexity index is 859. The van der Waals surface area contributed by atoms with Crippen LogP contribution in [0.5, 0.6) is 0 Å². The van der Waals surface area contributed by atoms with Gasteiger partial charge in [0.25, 0.3) is 0 Å². The molecule has 0 unspecified atom stereocenters. The van der Waals surface area contributed by atoms with E-state index < -0.39 is 11.6 Å². The van der Waals surface area contributed by atoms with Crippen LogP contribution in [0.1, 0.15) is 5.56 Å². The minimum atomic E-state index is -0.743. The number of halogens is 3. The van der Waals surface area contributed by atoms with Crippen molar-refractivity contribution < 1.29 is 8.78 Å². The minimum absolute atomic E-state index is 0.0569. The summed E-state index contributed by atoms with van der Waals surface area (Å²) in [6.07, 6.45) is 1.43. The molecule has 5 nitrogen and oxygen atoms in total. The predicted molar refractivity (Wildman–Crippen MR) is 88.2 cm³/mol. The fourth-order valence-corrected chi connectivity index (χ4v) is 2.18. The van der Waals surface area contributed by atoms with Crippen molar-refractivity contribution in [1.29, 1.82) is 0 Å². The molecule has 0 fully saturated rings. The van der Waals surface area contributed by atoms with Crippen LogP contribution in [0.3, 0.4) is 0 Å². The average molecular weight is 348 g/mol. The zero-order valence-electron chi connectivity index (χ0n) is 12.3. The first-order chi connectivity index (χ1) is 11.6. The molecule has 3 rings (SSSR count). The summed E-state index contributed by atoms with van der Waals surface area (Å²) in [6.45, 7) is 0.447. The number of anilines is 3. The molecule has 0 saturated heterocycles. The predicted octanol–water partition coefficient (Wildman–Crippen LogP) is 4.16. The highest BCUT2D eigenvalue weighted by atomic mass is 35.5. The molecule has 0 spiro atoms. The second-order valence-electron chi connectivity index (χ2n) is 4.86. The quantitative estimate of drug-likeness (QED) is 0.725. The normalized spacial score (nSPS) is 10.5. The fourth-order valence-electron chi connectivity index (χ4n) is 1.98. The number of nitrogens with zero attached hydrogens (tertiary/aromatic N) is 3. The largest absolute Gasteiger partial charge is 0.364 e. The monoisotopic (exact) mass is 347 g/mol. The zero-order chi connectivity index (χ0) is 16.9. The van der Waals surface area contributed by atoms with E-state index in [1.165, 1.54) is 12.3 Å². The second kappa shape index (κ2) is 7.18. The molecule has 122 valence electrons. The van der Waals surface area contributed by atoms with Gasteiger partial charge in [0.1, 0.15) is 11.6 Å². The van der Waals surface area contributed by atoms with E-state index in [9.17, 15) is 8.78 Å². The van der Waals surface area contributed by atoms with Crippen molar-refractivity contribution >= 4 is 29.1 Å². The molecule has 0 saturated carbocycles. The van der Waals surface area contributed by atoms with Gasteiger partial charge in [-0.05, 0) is 23.8 Å². The van der Waals surface area contributed by atoms with Crippen molar-refractivity contribution in [3.8, 4) is 0 Å². The van der Waals surface area contributed by atoms with Gasteiger partial charge in [0, 0.05) is 17.6 Å². The number of hydrogen-bond acceptors (Lipinski definition) is 5. The second-order valence-corrected chi connectivity index (χ2v) is 5.27. The van der Waals surface area contributed by atoms with Crippen molar-refractivity contribution in [2.75, 3.05) is 10.6 Å². The molecule has 0 radical (unpaired) electrons. The summed E-state index contributed by atoms with van der Waals surface area (Å²) in [4.78, 5) is 4.18. The molecule has 0 aliphatic heterocycles. The lowest BCUT2D eigenvalue weighted by molar-refractivity contribution is 0.586. The van der Waals surface area contributed by atoms with Crippen LogP contribution in [0, 0.1) is 11.6 Å². The maximum Gasteiger partial charge on any atom is 0.249 e. The third kappa shape index (κ3) is 3.94. The van der Waals surface area contributed by atoms with Crippen LogP contribution < -0.4 is 10.6 Å². The molecule has 0 aliphatic carbocycles. The molecular formula is C16H12ClF2N5. The van der Waals surface area contributed by atoms with E-state index in [-0.39, 0.29) is 11.6 Å². The molecule has 3 aromatic rings. The van der Waals surface area contributed by atoms with Crippen molar-refractivity contribution in [3.05, 3.63) is 70.9 Å². The number of aromatic nitrogens is 3. The molecule has 0 aliphatic rings. The Morgan fingerprint density at radius 3 is 2.71 bits per heavy atom. The lowest BCUT2D eigenvalue weighted by atomic mass is 10.2. The van der Waals surface area contributed by atoms with Crippen LogP contribution in [-0.2, 0) is 6.54 Å². The van der Waals surface area contributed by atoms with Crippen LogP contribution in [-0.4, -0.2) is 15.2 Å². The van der Waals surface area contributed by atoms with Crippen molar-refractivity contribution in [2.45, 2.75) is 6.54 Å². The highest BCUT2D eigenvalue weighted by Crippen LogP contribution is 2.19. The van der Waals surface area contributed by atoms with E-state index >= 15 is 0 Å². The third-order valence-electron chi connectivity index (χ3n) is 3.15. The zero-order valence-corrected chi connectivity index (χ0v) is 13.1. The highest BCUT2D eigenvalue weighted by molar-refractivity contribution is 6.31. The van der Waals surface area contributed by atoms with Crippen molar-refractivity contribution in [3.63, 3.8) is 0 Å². The van der Waals surface area contributed by atoms with Crippen LogP contribution in [0.4, 0.5) is 26.2 Å². The Hall–Kier alpha value is -2.80. The Morgan fingerprint density at radius 2 is 1.92 bits per heavy atom. The molecule has 0 atom stereocenters. The summed E-state index contributed by atoms with van der Waals surface area (Å²) >= 11 is 6.09. The Kier molecular flexibility index (Phi) is 4.81. The lowest BCUT2D eigenvalue weighted by Gasteiger charge is -2.09. The van der Waals surface area contributed by atoms with Gasteiger partial charge >= 0.3 is 0 Å². The molecule has 8 heteroatoms. The highest BCUT2D eigenvalue weighted by Gasteiger charge is 2.07. The van der Waals surface area contributed by atoms with Crippen LogP contribution in [0.15, 0.2) is 48.7 Å². The first-order valence-corrected chi connectivity index (χ1v) is 7.39. The Labute approximate surface area is 141 Å². The number of hydrogen-bond donors (Lipinski definition) is 2. The summed E-state index contributed by atoms with van der Waals surface area (Å²) in [5, 5.41) is 13.9. The first kappa shape index (κ1) is 16.1. The molecule has 0 amide bonds. The van der Waals surface area contributed by atoms with Gasteiger partial charge in [-0.25, -0.2) is 8.78 Å². The van der Waals surface area contributed by atoms with Crippen LogP contribution in [0.25, 0.3) is 0 Å². The number of rotatable bonds is 5. The van der Waals surface area contributed by atoms with Crippen LogP contribution in [0.2, 0.25) is 5.02 Å². The van der Waals surface area contributed by atoms with Gasteiger partial charge in [-0.1, -0.05) is 29.8 Å². The summed E-state index contributed by atoms with van der Waals surface area (Å²) < 4.78 is 26.6. The molecule has 1 heterocycles. The van der Waals surface area contributed by atoms with Crippen molar-refractivity contribution in [1.82, 2.24) is 15.2 Å². The molecular weight excluding hydrogens is 336 g/mol. The van der Waals surface area contributed by atoms with Gasteiger partial charge < -0.3 is 10.6 Å². The van der Waals surface area contributed by atoms with Crippen molar-refractivity contribution in [2.24, 2.45) is 0 Å². The van der Waals surface area contributed by atoms with E-state index in [1.54, 1.807) is 6.07 Å². The minimum Gasteiger partial charge on any atom is -0.364 e. The number of nitrogens with one attached hydrogen (secondary N) is 2. The van der Waals surface area contributed by atoms with E-state index in [0.717, 1.165) is 17.7 Å². The summed E-state index contributed by atoms with van der Waals surface area (Å²) in [5.41, 5.74) is 0.957. The maximum absolute atomic E-state index is 13.6. The Balaban J connectivity index is 1.71. The van der Waals surface area contributed by atoms with E-state index in [1.807, 2.05) is 18.2 Å². The van der Waals surface area contributed by atoms with E-state index in [2.05, 4.69) is 25.8 Å². The summed E-state index contributed by atoms with van der Waals surface area (Å²) in [7, 11) is 0. The van der Waals surface area contributed by atoms with Gasteiger partial charge in [-0.2, -0.15) is 10.1 Å². The van der Waals surface area contributed by atoms with Crippen LogP contribution >= 0.6 is 11.6 Å². The average Bonchev–Trinajstić information content (AvgIpc) is 2.57. The standard InChI is InChI=1S/C16H12ClF2N5/c17-12-4-2-1-3-10(12)8-20-15-9-21-24-16(23-15)22-14-6-5-11(18)7-13(14)19/h1-7,9H,8H2,(H2,20,22,23,24). The Morgan fingerprint density at radius 1 is 1.08 bits per heavy atom. The first-order valence-electron chi connectivity index (χ1n) is 7.01. The number of benzene rings is 2. The van der Waals surface area contributed by atoms with Gasteiger partial charge in [-0.3, -0.25) is 0 Å². The SMILES string of the molecule is Fc1ccc(Nc2nncc(NCc3ccccc3Cl)n2)c(F)c1. The molecule has 0 bridgehead atoms. The van der Waals surface area contributed by atoms with E-state index in [0.29, 0.717) is 17.4 Å². The molecule has 2 N–H and O–H groups in total. The smallest absolute Gasteiger partial charge is 0.249 e. The fraction of sp³-hybridized carbons (Fsp3) is 0.0625. The lowest BCUT2D eigenvalue weighted by Crippen LogP contribution is -2.06. The molecule has 2 aromatic carbocycles. The third-order valence-corrected chi connectivity index (χ3v) is 3.52. The van der Waals surface area contributed by atoms with Gasteiger partial charge in [0.05, 0.1) is 11.9 Å². The van der Waals surface area contributed by atoms with Gasteiger partial charge in [0.15, 0.2) is 5.82 Å². The topological polar surface area (TPSA) is 62.7 Å².